The van der Waals surface area contributed by atoms with Crippen molar-refractivity contribution in [3.05, 3.63) is 205 Å². The topological polar surface area (TPSA) is 8.17 Å². The lowest BCUT2D eigenvalue weighted by Crippen LogP contribution is -2.21. The van der Waals surface area contributed by atoms with Crippen molar-refractivity contribution < 1.29 is 0 Å². The van der Waals surface area contributed by atoms with E-state index in [2.05, 4.69) is 217 Å². The van der Waals surface area contributed by atoms with Crippen molar-refractivity contribution in [3.63, 3.8) is 0 Å². The Bertz CT molecular complexity index is 3400. The summed E-state index contributed by atoms with van der Waals surface area (Å²) in [6.45, 7) is 4.78. The Hall–Kier alpha value is -6.94. The second-order valence-corrected chi connectivity index (χ2v) is 17.2. The van der Waals surface area contributed by atoms with E-state index in [1.54, 1.807) is 0 Å². The Balaban J connectivity index is 1.15. The third-order valence-corrected chi connectivity index (χ3v) is 13.7. The van der Waals surface area contributed by atoms with Crippen molar-refractivity contribution in [2.24, 2.45) is 0 Å². The second kappa shape index (κ2) is 12.5. The summed E-state index contributed by atoms with van der Waals surface area (Å²) in [6.07, 6.45) is 0. The Morgan fingerprint density at radius 2 is 1.03 bits per heavy atom. The predicted octanol–water partition coefficient (Wildman–Crippen LogP) is 15.7. The average Bonchev–Trinajstić information content (AvgIpc) is 3.89. The maximum Gasteiger partial charge on any atom is 0.0541 e. The molecular formula is C55H38N2S. The van der Waals surface area contributed by atoms with Crippen LogP contribution >= 0.6 is 11.3 Å². The Morgan fingerprint density at radius 3 is 1.84 bits per heavy atom. The number of nitrogens with zero attached hydrogens (tertiary/aromatic N) is 2. The molecule has 0 fully saturated rings. The Morgan fingerprint density at radius 1 is 0.431 bits per heavy atom. The molecule has 2 nitrogen and oxygen atoms in total. The molecule has 274 valence electrons. The van der Waals surface area contributed by atoms with Crippen molar-refractivity contribution in [1.29, 1.82) is 0 Å². The van der Waals surface area contributed by atoms with E-state index in [-0.39, 0.29) is 5.41 Å². The molecule has 2 aromatic heterocycles. The molecule has 0 aliphatic heterocycles. The number of fused-ring (bicyclic) bond motifs is 10. The lowest BCUT2D eigenvalue weighted by molar-refractivity contribution is 0.661. The molecule has 0 amide bonds. The van der Waals surface area contributed by atoms with Crippen LogP contribution in [0.2, 0.25) is 0 Å². The van der Waals surface area contributed by atoms with Crippen LogP contribution in [0, 0.1) is 0 Å². The van der Waals surface area contributed by atoms with Crippen LogP contribution in [0.25, 0.3) is 80.7 Å². The van der Waals surface area contributed by atoms with Crippen LogP contribution in [-0.2, 0) is 5.41 Å². The number of benzene rings is 9. The fraction of sp³-hybridized carbons (Fsp3) is 0.0545. The molecule has 11 aromatic rings. The van der Waals surface area contributed by atoms with Crippen LogP contribution in [0.15, 0.2) is 194 Å². The highest BCUT2D eigenvalue weighted by atomic mass is 32.1. The second-order valence-electron chi connectivity index (χ2n) is 16.1. The van der Waals surface area contributed by atoms with Crippen molar-refractivity contribution in [2.75, 3.05) is 4.90 Å². The quantitative estimate of drug-likeness (QED) is 0.170. The Labute approximate surface area is 341 Å². The molecule has 0 saturated heterocycles. The van der Waals surface area contributed by atoms with Gasteiger partial charge in [-0.3, -0.25) is 0 Å². The van der Waals surface area contributed by atoms with E-state index in [0.717, 1.165) is 17.1 Å². The van der Waals surface area contributed by atoms with Crippen LogP contribution in [-0.4, -0.2) is 4.57 Å². The summed E-state index contributed by atoms with van der Waals surface area (Å²) in [5.41, 5.74) is 14.6. The van der Waals surface area contributed by atoms with Gasteiger partial charge >= 0.3 is 0 Å². The van der Waals surface area contributed by atoms with Gasteiger partial charge in [0.05, 0.1) is 22.4 Å². The van der Waals surface area contributed by atoms with Crippen molar-refractivity contribution in [1.82, 2.24) is 4.57 Å². The number of aromatic nitrogens is 1. The number of thiophene rings is 1. The van der Waals surface area contributed by atoms with Crippen molar-refractivity contribution in [3.8, 4) is 27.9 Å². The summed E-state index contributed by atoms with van der Waals surface area (Å²) < 4.78 is 5.04. The fourth-order valence-electron chi connectivity index (χ4n) is 10.0. The minimum absolute atomic E-state index is 0.208. The summed E-state index contributed by atoms with van der Waals surface area (Å²) in [7, 11) is 0. The first-order chi connectivity index (χ1) is 28.5. The highest BCUT2D eigenvalue weighted by Gasteiger charge is 2.39. The molecule has 0 spiro atoms. The third-order valence-electron chi connectivity index (χ3n) is 12.5. The molecule has 58 heavy (non-hydrogen) atoms. The molecule has 0 unspecified atom stereocenters. The molecule has 0 bridgehead atoms. The highest BCUT2D eigenvalue weighted by Crippen LogP contribution is 2.55. The zero-order valence-corrected chi connectivity index (χ0v) is 33.1. The van der Waals surface area contributed by atoms with E-state index in [1.165, 1.54) is 91.8 Å². The first-order valence-electron chi connectivity index (χ1n) is 20.1. The molecule has 0 radical (unpaired) electrons. The SMILES string of the molecule is CC1(C)c2ccccc2-c2cccc(N(c3ccc4c(c3)sc3ccccc34)c3ccccc3-c3cc(-n4c5ccccc5c5ccccc54)cc4ccccc34)c21. The number of hydrogen-bond acceptors (Lipinski definition) is 2. The molecule has 0 atom stereocenters. The van der Waals surface area contributed by atoms with E-state index in [9.17, 15) is 0 Å². The van der Waals surface area contributed by atoms with E-state index < -0.39 is 0 Å². The first-order valence-corrected chi connectivity index (χ1v) is 20.9. The fourth-order valence-corrected chi connectivity index (χ4v) is 11.1. The summed E-state index contributed by atoms with van der Waals surface area (Å²) >= 11 is 1.87. The molecule has 9 aromatic carbocycles. The average molecular weight is 759 g/mol. The maximum atomic E-state index is 2.55. The van der Waals surface area contributed by atoms with Gasteiger partial charge in [0.1, 0.15) is 0 Å². The molecule has 12 rings (SSSR count). The molecule has 1 aliphatic carbocycles. The summed E-state index contributed by atoms with van der Waals surface area (Å²) in [5.74, 6) is 0. The molecule has 2 heterocycles. The van der Waals surface area contributed by atoms with Crippen LogP contribution in [0.1, 0.15) is 25.0 Å². The van der Waals surface area contributed by atoms with E-state index >= 15 is 0 Å². The van der Waals surface area contributed by atoms with Gasteiger partial charge in [0, 0.05) is 53.3 Å². The van der Waals surface area contributed by atoms with Gasteiger partial charge in [-0.1, -0.05) is 153 Å². The summed E-state index contributed by atoms with van der Waals surface area (Å²) in [4.78, 5) is 2.55. The van der Waals surface area contributed by atoms with Gasteiger partial charge in [-0.25, -0.2) is 0 Å². The van der Waals surface area contributed by atoms with Crippen molar-refractivity contribution in [2.45, 2.75) is 19.3 Å². The third kappa shape index (κ3) is 4.77. The predicted molar refractivity (Wildman–Crippen MR) is 249 cm³/mol. The van der Waals surface area contributed by atoms with Gasteiger partial charge in [0.15, 0.2) is 0 Å². The molecule has 0 saturated carbocycles. The van der Waals surface area contributed by atoms with Crippen LogP contribution in [0.3, 0.4) is 0 Å². The normalized spacial score (nSPS) is 13.1. The van der Waals surface area contributed by atoms with Crippen LogP contribution < -0.4 is 4.90 Å². The van der Waals surface area contributed by atoms with E-state index in [1.807, 2.05) is 11.3 Å². The maximum absolute atomic E-state index is 2.55. The van der Waals surface area contributed by atoms with Crippen LogP contribution in [0.4, 0.5) is 17.1 Å². The first kappa shape index (κ1) is 33.2. The monoisotopic (exact) mass is 758 g/mol. The number of anilines is 3. The summed E-state index contributed by atoms with van der Waals surface area (Å²) in [6, 6.07) is 72.0. The molecule has 1 aliphatic rings. The molecule has 3 heteroatoms. The lowest BCUT2D eigenvalue weighted by atomic mass is 9.81. The number of rotatable bonds is 5. The zero-order chi connectivity index (χ0) is 38.5. The van der Waals surface area contributed by atoms with Gasteiger partial charge in [-0.15, -0.1) is 11.3 Å². The number of para-hydroxylation sites is 3. The van der Waals surface area contributed by atoms with Gasteiger partial charge in [-0.05, 0) is 93.2 Å². The minimum atomic E-state index is -0.208. The van der Waals surface area contributed by atoms with Gasteiger partial charge in [0.2, 0.25) is 0 Å². The van der Waals surface area contributed by atoms with Gasteiger partial charge in [0.25, 0.3) is 0 Å². The van der Waals surface area contributed by atoms with E-state index in [4.69, 9.17) is 0 Å². The van der Waals surface area contributed by atoms with Gasteiger partial charge in [-0.2, -0.15) is 0 Å². The molecule has 0 N–H and O–H groups in total. The summed E-state index contributed by atoms with van der Waals surface area (Å²) in [5, 5.41) is 7.57. The molecular weight excluding hydrogens is 721 g/mol. The number of hydrogen-bond donors (Lipinski definition) is 0. The largest absolute Gasteiger partial charge is 0.309 e. The standard InChI is InChI=1S/C55H38N2S/c1-55(2)47-24-10-5-18-39(47)45-23-15-28-51(54(45)55)56(36-30-31-44-43-22-9-14-29-52(43)58-53(44)34-36)50-27-13-8-21-42(50)46-33-37(32-35-16-3-4-17-38(35)46)57-48-25-11-6-19-40(48)41-20-7-12-26-49(41)57/h3-34H,1-2H3. The highest BCUT2D eigenvalue weighted by molar-refractivity contribution is 7.25. The van der Waals surface area contributed by atoms with Gasteiger partial charge < -0.3 is 9.47 Å². The van der Waals surface area contributed by atoms with E-state index in [0.29, 0.717) is 0 Å². The lowest BCUT2D eigenvalue weighted by Gasteiger charge is -2.33. The van der Waals surface area contributed by atoms with Crippen LogP contribution in [0.5, 0.6) is 0 Å². The Kier molecular flexibility index (Phi) is 7.18. The van der Waals surface area contributed by atoms with Crippen molar-refractivity contribution >= 4 is 81.1 Å². The minimum Gasteiger partial charge on any atom is -0.309 e. The smallest absolute Gasteiger partial charge is 0.0541 e. The zero-order valence-electron chi connectivity index (χ0n) is 32.3.